The van der Waals surface area contributed by atoms with Crippen LogP contribution in [0.2, 0.25) is 0 Å². The molecule has 0 heterocycles. The van der Waals surface area contributed by atoms with E-state index in [9.17, 15) is 0 Å². The van der Waals surface area contributed by atoms with E-state index in [1.54, 1.807) is 0 Å². The molecule has 0 spiro atoms. The van der Waals surface area contributed by atoms with Crippen molar-refractivity contribution in [2.75, 3.05) is 0 Å². The van der Waals surface area contributed by atoms with Crippen LogP contribution in [0, 0.1) is 6.07 Å². The van der Waals surface area contributed by atoms with Crippen LogP contribution < -0.4 is 0 Å². The van der Waals surface area contributed by atoms with Crippen LogP contribution in [0.4, 0.5) is 0 Å². The molecular weight excluding hydrogens is 204 g/mol. The van der Waals surface area contributed by atoms with Gasteiger partial charge in [0.2, 0.25) is 0 Å². The van der Waals surface area contributed by atoms with Gasteiger partial charge >= 0.3 is 0 Å². The van der Waals surface area contributed by atoms with Crippen molar-refractivity contribution in [3.8, 4) is 0 Å². The van der Waals surface area contributed by atoms with Gasteiger partial charge in [-0.25, -0.2) is 0 Å². The summed E-state index contributed by atoms with van der Waals surface area (Å²) in [7, 11) is 0. The first-order valence-electron chi connectivity index (χ1n) is 6.20. The maximum Gasteiger partial charge on any atom is -0.00641 e. The summed E-state index contributed by atoms with van der Waals surface area (Å²) < 4.78 is 0. The largest absolute Gasteiger partial charge is 0.0651 e. The molecule has 0 saturated heterocycles. The van der Waals surface area contributed by atoms with Gasteiger partial charge in [0.05, 0.1) is 0 Å². The molecule has 0 atom stereocenters. The van der Waals surface area contributed by atoms with Crippen molar-refractivity contribution >= 4 is 21.5 Å². The van der Waals surface area contributed by atoms with Crippen molar-refractivity contribution in [2.45, 2.75) is 19.8 Å². The van der Waals surface area contributed by atoms with Crippen molar-refractivity contribution in [2.24, 2.45) is 0 Å². The standard InChI is InChI=1S/C17H15/c1-2-5-13-8-9-16-11-14-6-3-4-7-15(14)12-17(16)10-13/h3-4,6-9,11-12H,2,5H2,1H3. The predicted octanol–water partition coefficient (Wildman–Crippen LogP) is 4.75. The third kappa shape index (κ3) is 1.91. The van der Waals surface area contributed by atoms with Gasteiger partial charge < -0.3 is 0 Å². The van der Waals surface area contributed by atoms with Gasteiger partial charge in [-0.2, -0.15) is 0 Å². The molecule has 0 amide bonds. The van der Waals surface area contributed by atoms with Crippen LogP contribution in [-0.4, -0.2) is 0 Å². The van der Waals surface area contributed by atoms with E-state index in [4.69, 9.17) is 0 Å². The fourth-order valence-corrected chi connectivity index (χ4v) is 2.32. The molecule has 0 fully saturated rings. The molecule has 1 radical (unpaired) electrons. The number of aryl methyl sites for hydroxylation is 1. The zero-order valence-electron chi connectivity index (χ0n) is 10.0. The van der Waals surface area contributed by atoms with Crippen LogP contribution >= 0.6 is 0 Å². The Morgan fingerprint density at radius 2 is 1.65 bits per heavy atom. The summed E-state index contributed by atoms with van der Waals surface area (Å²) >= 11 is 0. The molecule has 3 rings (SSSR count). The van der Waals surface area contributed by atoms with Crippen LogP contribution in [0.15, 0.2) is 48.5 Å². The first kappa shape index (κ1) is 10.3. The molecule has 3 aromatic rings. The molecule has 0 aromatic heterocycles. The minimum absolute atomic E-state index is 1.11. The normalized spacial score (nSPS) is 11.1. The Labute approximate surface area is 102 Å². The number of rotatable bonds is 2. The summed E-state index contributed by atoms with van der Waals surface area (Å²) in [6, 6.07) is 20.9. The molecule has 0 aliphatic carbocycles. The summed E-state index contributed by atoms with van der Waals surface area (Å²) in [6.07, 6.45) is 2.29. The summed E-state index contributed by atoms with van der Waals surface area (Å²) in [5, 5.41) is 5.11. The highest BCUT2D eigenvalue weighted by molar-refractivity contribution is 5.98. The number of fused-ring (bicyclic) bond motifs is 2. The van der Waals surface area contributed by atoms with E-state index in [2.05, 4.69) is 61.5 Å². The van der Waals surface area contributed by atoms with E-state index >= 15 is 0 Å². The summed E-state index contributed by atoms with van der Waals surface area (Å²) in [5.41, 5.74) is 1.32. The SMILES string of the molecule is CCCc1[c]c2cc3ccccc3cc2cc1. The van der Waals surface area contributed by atoms with Gasteiger partial charge in [0, 0.05) is 0 Å². The first-order chi connectivity index (χ1) is 8.36. The van der Waals surface area contributed by atoms with Gasteiger partial charge in [-0.1, -0.05) is 49.7 Å². The van der Waals surface area contributed by atoms with Gasteiger partial charge in [-0.3, -0.25) is 0 Å². The molecule has 0 bridgehead atoms. The Morgan fingerprint density at radius 3 is 2.41 bits per heavy atom. The average molecular weight is 219 g/mol. The van der Waals surface area contributed by atoms with E-state index < -0.39 is 0 Å². The average Bonchev–Trinajstić information content (AvgIpc) is 2.36. The Morgan fingerprint density at radius 1 is 0.882 bits per heavy atom. The van der Waals surface area contributed by atoms with Crippen molar-refractivity contribution < 1.29 is 0 Å². The minimum Gasteiger partial charge on any atom is -0.0651 e. The van der Waals surface area contributed by atoms with Gasteiger partial charge in [0.1, 0.15) is 0 Å². The molecule has 0 heteroatoms. The first-order valence-corrected chi connectivity index (χ1v) is 6.20. The highest BCUT2D eigenvalue weighted by Gasteiger charge is 1.99. The molecule has 0 nitrogen and oxygen atoms in total. The second-order valence-corrected chi connectivity index (χ2v) is 4.52. The Balaban J connectivity index is 2.25. The second kappa shape index (κ2) is 4.21. The van der Waals surface area contributed by atoms with Gasteiger partial charge in [-0.15, -0.1) is 0 Å². The van der Waals surface area contributed by atoms with Crippen LogP contribution in [-0.2, 0) is 6.42 Å². The molecule has 0 aliphatic rings. The Hall–Kier alpha value is -1.82. The molecule has 17 heavy (non-hydrogen) atoms. The third-order valence-electron chi connectivity index (χ3n) is 3.20. The van der Waals surface area contributed by atoms with Gasteiger partial charge in [0.25, 0.3) is 0 Å². The summed E-state index contributed by atoms with van der Waals surface area (Å²) in [4.78, 5) is 0. The molecule has 0 N–H and O–H groups in total. The van der Waals surface area contributed by atoms with Crippen LogP contribution in [0.1, 0.15) is 18.9 Å². The topological polar surface area (TPSA) is 0 Å². The number of hydrogen-bond donors (Lipinski definition) is 0. The van der Waals surface area contributed by atoms with E-state index in [-0.39, 0.29) is 0 Å². The lowest BCUT2D eigenvalue weighted by Gasteiger charge is -2.04. The fraction of sp³-hybridized carbons (Fsp3) is 0.176. The minimum atomic E-state index is 1.11. The Kier molecular flexibility index (Phi) is 2.56. The van der Waals surface area contributed by atoms with Gasteiger partial charge in [0.15, 0.2) is 0 Å². The lowest BCUT2D eigenvalue weighted by Crippen LogP contribution is -1.84. The monoisotopic (exact) mass is 219 g/mol. The van der Waals surface area contributed by atoms with Gasteiger partial charge in [-0.05, 0) is 51.7 Å². The third-order valence-corrected chi connectivity index (χ3v) is 3.20. The summed E-state index contributed by atoms with van der Waals surface area (Å²) in [6.45, 7) is 2.21. The van der Waals surface area contributed by atoms with E-state index in [1.807, 2.05) is 0 Å². The molecule has 0 saturated carbocycles. The quantitative estimate of drug-likeness (QED) is 0.546. The highest BCUT2D eigenvalue weighted by Crippen LogP contribution is 2.23. The zero-order chi connectivity index (χ0) is 11.7. The number of benzene rings is 3. The van der Waals surface area contributed by atoms with E-state index in [0.29, 0.717) is 0 Å². The fourth-order valence-electron chi connectivity index (χ4n) is 2.32. The van der Waals surface area contributed by atoms with Crippen LogP contribution in [0.25, 0.3) is 21.5 Å². The lowest BCUT2D eigenvalue weighted by molar-refractivity contribution is 0.922. The summed E-state index contributed by atoms with van der Waals surface area (Å²) in [5.74, 6) is 0. The predicted molar refractivity (Wildman–Crippen MR) is 74.3 cm³/mol. The zero-order valence-corrected chi connectivity index (χ0v) is 10.0. The van der Waals surface area contributed by atoms with Crippen molar-refractivity contribution in [1.29, 1.82) is 0 Å². The van der Waals surface area contributed by atoms with Crippen LogP contribution in [0.3, 0.4) is 0 Å². The number of hydrogen-bond acceptors (Lipinski definition) is 0. The molecule has 3 aromatic carbocycles. The van der Waals surface area contributed by atoms with E-state index in [0.717, 1.165) is 6.42 Å². The lowest BCUT2D eigenvalue weighted by atomic mass is 10.0. The maximum absolute atomic E-state index is 3.52. The molecular formula is C17H15. The van der Waals surface area contributed by atoms with Crippen LogP contribution in [0.5, 0.6) is 0 Å². The molecule has 0 unspecified atom stereocenters. The Bertz CT molecular complexity index is 665. The molecule has 0 aliphatic heterocycles. The van der Waals surface area contributed by atoms with Crippen molar-refractivity contribution in [1.82, 2.24) is 0 Å². The highest BCUT2D eigenvalue weighted by atomic mass is 14.0. The maximum atomic E-state index is 3.52. The molecule has 83 valence electrons. The smallest absolute Gasteiger partial charge is 0.00641 e. The van der Waals surface area contributed by atoms with E-state index in [1.165, 1.54) is 33.5 Å². The van der Waals surface area contributed by atoms with Crippen molar-refractivity contribution in [3.63, 3.8) is 0 Å². The van der Waals surface area contributed by atoms with Crippen molar-refractivity contribution in [3.05, 3.63) is 60.2 Å². The second-order valence-electron chi connectivity index (χ2n) is 4.52.